The van der Waals surface area contributed by atoms with E-state index in [1.165, 1.54) is 6.26 Å². The zero-order valence-electron chi connectivity index (χ0n) is 15.8. The number of halogens is 1. The van der Waals surface area contributed by atoms with Crippen molar-refractivity contribution in [3.63, 3.8) is 0 Å². The summed E-state index contributed by atoms with van der Waals surface area (Å²) in [6, 6.07) is 0. The molecule has 10 heteroatoms. The summed E-state index contributed by atoms with van der Waals surface area (Å²) in [6.07, 6.45) is 3.48. The van der Waals surface area contributed by atoms with Crippen molar-refractivity contribution < 1.29 is 16.8 Å². The highest BCUT2D eigenvalue weighted by atomic mass is 127. The second-order valence-electron chi connectivity index (χ2n) is 7.75. The molecule has 2 saturated heterocycles. The first kappa shape index (κ1) is 23.9. The summed E-state index contributed by atoms with van der Waals surface area (Å²) in [5.74, 6) is 1.71. The summed E-state index contributed by atoms with van der Waals surface area (Å²) in [6.45, 7) is 6.62. The molecule has 1 N–H and O–H groups in total. The summed E-state index contributed by atoms with van der Waals surface area (Å²) < 4.78 is 47.1. The molecule has 2 aliphatic heterocycles. The van der Waals surface area contributed by atoms with Gasteiger partial charge in [0, 0.05) is 32.4 Å². The topological polar surface area (TPSA) is 95.9 Å². The fourth-order valence-corrected chi connectivity index (χ4v) is 6.19. The molecule has 0 aromatic heterocycles. The standard InChI is InChI=1S/C16H31N3O4S2.HI/c1-13(2)9-17-16(18-10-14-6-8-25(22,23)12-14)19-7-4-5-15(11-19)24(3,20)21;/h13-15H,4-12H2,1-3H3,(H,17,18);1H. The Hall–Kier alpha value is -0.100. The van der Waals surface area contributed by atoms with Crippen LogP contribution in [-0.4, -0.2) is 76.9 Å². The van der Waals surface area contributed by atoms with Crippen LogP contribution in [0.15, 0.2) is 4.99 Å². The van der Waals surface area contributed by atoms with E-state index < -0.39 is 19.7 Å². The Balaban J connectivity index is 0.00000338. The van der Waals surface area contributed by atoms with E-state index in [1.54, 1.807) is 0 Å². The third-order valence-electron chi connectivity index (χ3n) is 4.76. The van der Waals surface area contributed by atoms with Crippen LogP contribution in [0.2, 0.25) is 0 Å². The molecule has 2 aliphatic rings. The zero-order chi connectivity index (χ0) is 18.7. The van der Waals surface area contributed by atoms with Crippen molar-refractivity contribution in [2.75, 3.05) is 43.9 Å². The Morgan fingerprint density at radius 1 is 1.31 bits per heavy atom. The average molecular weight is 521 g/mol. The molecule has 0 bridgehead atoms. The molecular weight excluding hydrogens is 489 g/mol. The first-order valence-electron chi connectivity index (χ1n) is 8.99. The fourth-order valence-electron chi connectivity index (χ4n) is 3.29. The maximum absolute atomic E-state index is 11.9. The van der Waals surface area contributed by atoms with Crippen LogP contribution in [0.1, 0.15) is 33.1 Å². The van der Waals surface area contributed by atoms with Crippen LogP contribution in [0.4, 0.5) is 0 Å². The first-order chi connectivity index (χ1) is 11.6. The summed E-state index contributed by atoms with van der Waals surface area (Å²) in [4.78, 5) is 6.66. The molecule has 154 valence electrons. The maximum atomic E-state index is 11.9. The highest BCUT2D eigenvalue weighted by Gasteiger charge is 2.31. The molecule has 0 spiro atoms. The largest absolute Gasteiger partial charge is 0.356 e. The smallest absolute Gasteiger partial charge is 0.193 e. The average Bonchev–Trinajstić information content (AvgIpc) is 2.85. The van der Waals surface area contributed by atoms with Crippen LogP contribution >= 0.6 is 24.0 Å². The predicted octanol–water partition coefficient (Wildman–Crippen LogP) is 1.15. The summed E-state index contributed by atoms with van der Waals surface area (Å²) >= 11 is 0. The number of sulfone groups is 2. The molecule has 2 fully saturated rings. The monoisotopic (exact) mass is 521 g/mol. The lowest BCUT2D eigenvalue weighted by molar-refractivity contribution is 0.328. The second kappa shape index (κ2) is 9.90. The minimum absolute atomic E-state index is 0. The quantitative estimate of drug-likeness (QED) is 0.332. The zero-order valence-corrected chi connectivity index (χ0v) is 19.8. The van der Waals surface area contributed by atoms with E-state index in [0.717, 1.165) is 13.0 Å². The number of likely N-dealkylation sites (tertiary alicyclic amines) is 1. The van der Waals surface area contributed by atoms with Gasteiger partial charge in [-0.25, -0.2) is 16.8 Å². The number of piperidine rings is 1. The third kappa shape index (κ3) is 7.49. The van der Waals surface area contributed by atoms with Gasteiger partial charge in [-0.05, 0) is 31.1 Å². The normalized spacial score (nSPS) is 26.6. The molecule has 26 heavy (non-hydrogen) atoms. The van der Waals surface area contributed by atoms with Gasteiger partial charge in [0.2, 0.25) is 0 Å². The van der Waals surface area contributed by atoms with Crippen LogP contribution in [0.5, 0.6) is 0 Å². The molecule has 2 heterocycles. The fraction of sp³-hybridized carbons (Fsp3) is 0.938. The summed E-state index contributed by atoms with van der Waals surface area (Å²) in [5, 5.41) is 2.95. The molecule has 7 nitrogen and oxygen atoms in total. The molecule has 2 unspecified atom stereocenters. The van der Waals surface area contributed by atoms with Gasteiger partial charge in [-0.2, -0.15) is 0 Å². The van der Waals surface area contributed by atoms with E-state index >= 15 is 0 Å². The van der Waals surface area contributed by atoms with E-state index in [1.807, 2.05) is 4.90 Å². The Labute approximate surface area is 175 Å². The van der Waals surface area contributed by atoms with E-state index in [2.05, 4.69) is 24.2 Å². The maximum Gasteiger partial charge on any atom is 0.193 e. The van der Waals surface area contributed by atoms with Crippen molar-refractivity contribution in [2.24, 2.45) is 16.8 Å². The number of aliphatic imine (C=N–C) groups is 1. The van der Waals surface area contributed by atoms with Crippen molar-refractivity contribution >= 4 is 49.6 Å². The second-order valence-corrected chi connectivity index (χ2v) is 12.3. The van der Waals surface area contributed by atoms with Gasteiger partial charge < -0.3 is 10.2 Å². The number of rotatable bonds is 5. The Morgan fingerprint density at radius 2 is 2.00 bits per heavy atom. The van der Waals surface area contributed by atoms with Gasteiger partial charge in [0.15, 0.2) is 25.6 Å². The lowest BCUT2D eigenvalue weighted by Crippen LogP contribution is -2.50. The number of hydrogen-bond acceptors (Lipinski definition) is 5. The molecule has 0 amide bonds. The van der Waals surface area contributed by atoms with Gasteiger partial charge in [-0.1, -0.05) is 13.8 Å². The van der Waals surface area contributed by atoms with Gasteiger partial charge in [-0.15, -0.1) is 24.0 Å². The Morgan fingerprint density at radius 3 is 2.54 bits per heavy atom. The van der Waals surface area contributed by atoms with Crippen LogP contribution in [0.3, 0.4) is 0 Å². The molecule has 2 rings (SSSR count). The molecule has 2 atom stereocenters. The van der Waals surface area contributed by atoms with Crippen molar-refractivity contribution in [1.82, 2.24) is 10.2 Å². The molecule has 0 aromatic carbocycles. The number of hydrogen-bond donors (Lipinski definition) is 1. The van der Waals surface area contributed by atoms with E-state index in [0.29, 0.717) is 44.4 Å². The Bertz CT molecular complexity index is 692. The number of nitrogens with zero attached hydrogens (tertiary/aromatic N) is 2. The minimum atomic E-state index is -3.07. The van der Waals surface area contributed by atoms with Crippen LogP contribution in [0.25, 0.3) is 0 Å². The highest BCUT2D eigenvalue weighted by molar-refractivity contribution is 14.0. The Kier molecular flexibility index (Phi) is 9.12. The lowest BCUT2D eigenvalue weighted by atomic mass is 10.1. The molecule has 0 aromatic rings. The van der Waals surface area contributed by atoms with Gasteiger partial charge in [0.1, 0.15) is 0 Å². The van der Waals surface area contributed by atoms with Crippen LogP contribution in [-0.2, 0) is 19.7 Å². The van der Waals surface area contributed by atoms with Crippen molar-refractivity contribution in [3.8, 4) is 0 Å². The van der Waals surface area contributed by atoms with Gasteiger partial charge in [0.25, 0.3) is 0 Å². The number of nitrogens with one attached hydrogen (secondary N) is 1. The number of guanidine groups is 1. The highest BCUT2D eigenvalue weighted by Crippen LogP contribution is 2.19. The van der Waals surface area contributed by atoms with E-state index in [-0.39, 0.29) is 46.7 Å². The summed E-state index contributed by atoms with van der Waals surface area (Å²) in [5.41, 5.74) is 0. The minimum Gasteiger partial charge on any atom is -0.356 e. The molecular formula is C16H32IN3O4S2. The van der Waals surface area contributed by atoms with Gasteiger partial charge in [-0.3, -0.25) is 4.99 Å². The molecule has 0 aliphatic carbocycles. The van der Waals surface area contributed by atoms with Crippen molar-refractivity contribution in [2.45, 2.75) is 38.4 Å². The van der Waals surface area contributed by atoms with E-state index in [9.17, 15) is 16.8 Å². The van der Waals surface area contributed by atoms with Crippen molar-refractivity contribution in [3.05, 3.63) is 0 Å². The first-order valence-corrected chi connectivity index (χ1v) is 12.8. The van der Waals surface area contributed by atoms with Gasteiger partial charge in [0.05, 0.1) is 16.8 Å². The SMILES string of the molecule is CC(C)CN=C(NCC1CCS(=O)(=O)C1)N1CCCC(S(C)(=O)=O)C1.I. The van der Waals surface area contributed by atoms with Crippen LogP contribution in [0, 0.1) is 11.8 Å². The van der Waals surface area contributed by atoms with Gasteiger partial charge >= 0.3 is 0 Å². The predicted molar refractivity (Wildman–Crippen MR) is 117 cm³/mol. The lowest BCUT2D eigenvalue weighted by Gasteiger charge is -2.34. The summed E-state index contributed by atoms with van der Waals surface area (Å²) in [7, 11) is -5.97. The molecule has 0 saturated carbocycles. The molecule has 0 radical (unpaired) electrons. The van der Waals surface area contributed by atoms with Crippen LogP contribution < -0.4 is 5.32 Å². The van der Waals surface area contributed by atoms with Crippen molar-refractivity contribution in [1.29, 1.82) is 0 Å². The van der Waals surface area contributed by atoms with E-state index in [4.69, 9.17) is 0 Å². The third-order valence-corrected chi connectivity index (χ3v) is 8.20.